The van der Waals surface area contributed by atoms with Gasteiger partial charge in [-0.25, -0.2) is 0 Å². The van der Waals surface area contributed by atoms with Crippen molar-refractivity contribution >= 4 is 15.9 Å². The van der Waals surface area contributed by atoms with E-state index in [0.717, 1.165) is 31.9 Å². The van der Waals surface area contributed by atoms with Gasteiger partial charge in [0.25, 0.3) is 0 Å². The summed E-state index contributed by atoms with van der Waals surface area (Å²) >= 11 is 3.15. The van der Waals surface area contributed by atoms with Gasteiger partial charge in [0.2, 0.25) is 0 Å². The molecule has 1 saturated heterocycles. The second-order valence-electron chi connectivity index (χ2n) is 4.58. The number of hydrogen-bond acceptors (Lipinski definition) is 2. The Kier molecular flexibility index (Phi) is 4.40. The summed E-state index contributed by atoms with van der Waals surface area (Å²) in [6, 6.07) is 2.68. The van der Waals surface area contributed by atoms with Gasteiger partial charge in [-0.1, -0.05) is 22.4 Å². The van der Waals surface area contributed by atoms with Crippen molar-refractivity contribution in [1.82, 2.24) is 5.32 Å². The number of nitrogens with one attached hydrogen (secondary N) is 1. The maximum Gasteiger partial charge on any atom is 0.420 e. The van der Waals surface area contributed by atoms with E-state index in [4.69, 9.17) is 4.74 Å². The molecule has 0 bridgehead atoms. The van der Waals surface area contributed by atoms with Gasteiger partial charge in [-0.05, 0) is 31.5 Å². The topological polar surface area (TPSA) is 21.3 Å². The highest BCUT2D eigenvalue weighted by Crippen LogP contribution is 2.43. The normalized spacial score (nSPS) is 20.4. The molecule has 0 spiro atoms. The third-order valence-electron chi connectivity index (χ3n) is 3.28. The lowest BCUT2D eigenvalue weighted by Crippen LogP contribution is -2.27. The zero-order chi connectivity index (χ0) is 14.0. The lowest BCUT2D eigenvalue weighted by molar-refractivity contribution is -0.138. The van der Waals surface area contributed by atoms with Gasteiger partial charge in [0, 0.05) is 16.1 Å². The molecule has 0 aliphatic carbocycles. The first-order valence-corrected chi connectivity index (χ1v) is 6.91. The van der Waals surface area contributed by atoms with Gasteiger partial charge in [-0.3, -0.25) is 0 Å². The average Bonchev–Trinajstić information content (AvgIpc) is 2.37. The summed E-state index contributed by atoms with van der Waals surface area (Å²) in [7, 11) is 1.28. The molecule has 19 heavy (non-hydrogen) atoms. The highest BCUT2D eigenvalue weighted by atomic mass is 79.9. The van der Waals surface area contributed by atoms with Crippen LogP contribution in [0, 0.1) is 0 Å². The zero-order valence-corrected chi connectivity index (χ0v) is 12.1. The Morgan fingerprint density at radius 3 is 2.58 bits per heavy atom. The van der Waals surface area contributed by atoms with Crippen LogP contribution in [0.25, 0.3) is 0 Å². The number of alkyl halides is 3. The number of methoxy groups -OCH3 is 1. The maximum atomic E-state index is 13.0. The Hall–Kier alpha value is -0.750. The first-order valence-electron chi connectivity index (χ1n) is 6.11. The fourth-order valence-corrected chi connectivity index (χ4v) is 2.90. The van der Waals surface area contributed by atoms with E-state index >= 15 is 0 Å². The Balaban J connectivity index is 2.50. The molecule has 2 rings (SSSR count). The van der Waals surface area contributed by atoms with Crippen molar-refractivity contribution in [3.63, 3.8) is 0 Å². The SMILES string of the molecule is COc1c(C2CCCCN2)cc(Br)cc1C(F)(F)F. The summed E-state index contributed by atoms with van der Waals surface area (Å²) in [4.78, 5) is 0. The standard InChI is InChI=1S/C13H15BrF3NO/c1-19-12-9(11-4-2-3-5-18-11)6-8(14)7-10(12)13(15,16)17/h6-7,11,18H,2-5H2,1H3. The number of rotatable bonds is 2. The van der Waals surface area contributed by atoms with Gasteiger partial charge in [-0.15, -0.1) is 0 Å². The number of ether oxygens (including phenoxy) is 1. The third kappa shape index (κ3) is 3.23. The Morgan fingerprint density at radius 2 is 2.05 bits per heavy atom. The molecule has 1 heterocycles. The van der Waals surface area contributed by atoms with Crippen LogP contribution in [0.3, 0.4) is 0 Å². The zero-order valence-electron chi connectivity index (χ0n) is 10.5. The smallest absolute Gasteiger partial charge is 0.420 e. The minimum Gasteiger partial charge on any atom is -0.496 e. The molecule has 1 aromatic rings. The van der Waals surface area contributed by atoms with Gasteiger partial charge in [-0.2, -0.15) is 13.2 Å². The van der Waals surface area contributed by atoms with Crippen molar-refractivity contribution in [2.24, 2.45) is 0 Å². The predicted octanol–water partition coefficient (Wildman–Crippen LogP) is 4.29. The van der Waals surface area contributed by atoms with Gasteiger partial charge < -0.3 is 10.1 Å². The molecule has 1 aromatic carbocycles. The summed E-state index contributed by atoms with van der Waals surface area (Å²) in [5.41, 5.74) is -0.157. The lowest BCUT2D eigenvalue weighted by atomic mass is 9.95. The third-order valence-corrected chi connectivity index (χ3v) is 3.74. The van der Waals surface area contributed by atoms with Gasteiger partial charge in [0.05, 0.1) is 12.7 Å². The Morgan fingerprint density at radius 1 is 1.32 bits per heavy atom. The molecule has 1 N–H and O–H groups in total. The Bertz CT molecular complexity index is 456. The fraction of sp³-hybridized carbons (Fsp3) is 0.538. The first-order chi connectivity index (χ1) is 8.93. The molecule has 1 unspecified atom stereocenters. The highest BCUT2D eigenvalue weighted by molar-refractivity contribution is 9.10. The molecule has 106 valence electrons. The molecule has 2 nitrogen and oxygen atoms in total. The molecular formula is C13H15BrF3NO. The molecule has 1 atom stereocenters. The van der Waals surface area contributed by atoms with E-state index in [1.807, 2.05) is 0 Å². The molecule has 1 aliphatic heterocycles. The number of hydrogen-bond donors (Lipinski definition) is 1. The van der Waals surface area contributed by atoms with Crippen molar-refractivity contribution < 1.29 is 17.9 Å². The summed E-state index contributed by atoms with van der Waals surface area (Å²) < 4.78 is 44.6. The van der Waals surface area contributed by atoms with Crippen LogP contribution >= 0.6 is 15.9 Å². The van der Waals surface area contributed by atoms with E-state index < -0.39 is 11.7 Å². The number of benzene rings is 1. The van der Waals surface area contributed by atoms with Crippen LogP contribution in [0.5, 0.6) is 5.75 Å². The fourth-order valence-electron chi connectivity index (χ4n) is 2.43. The van der Waals surface area contributed by atoms with E-state index in [0.29, 0.717) is 10.0 Å². The molecule has 1 fully saturated rings. The number of halogens is 4. The quantitative estimate of drug-likeness (QED) is 0.869. The van der Waals surface area contributed by atoms with Crippen LogP contribution in [-0.4, -0.2) is 13.7 Å². The monoisotopic (exact) mass is 337 g/mol. The highest BCUT2D eigenvalue weighted by Gasteiger charge is 2.37. The van der Waals surface area contributed by atoms with Gasteiger partial charge in [0.15, 0.2) is 0 Å². The molecule has 6 heteroatoms. The predicted molar refractivity (Wildman–Crippen MR) is 70.3 cm³/mol. The summed E-state index contributed by atoms with van der Waals surface area (Å²) in [6.07, 6.45) is -1.53. The molecule has 0 saturated carbocycles. The van der Waals surface area contributed by atoms with Crippen LogP contribution < -0.4 is 10.1 Å². The second kappa shape index (κ2) is 5.71. The van der Waals surface area contributed by atoms with Crippen molar-refractivity contribution in [1.29, 1.82) is 0 Å². The molecule has 0 radical (unpaired) electrons. The largest absolute Gasteiger partial charge is 0.496 e. The summed E-state index contributed by atoms with van der Waals surface area (Å²) in [6.45, 7) is 0.821. The minimum absolute atomic E-state index is 0.0740. The maximum absolute atomic E-state index is 13.0. The second-order valence-corrected chi connectivity index (χ2v) is 5.49. The van der Waals surface area contributed by atoms with E-state index in [9.17, 15) is 13.2 Å². The van der Waals surface area contributed by atoms with E-state index in [1.54, 1.807) is 6.07 Å². The van der Waals surface area contributed by atoms with E-state index in [1.165, 1.54) is 7.11 Å². The van der Waals surface area contributed by atoms with Crippen LogP contribution in [0.4, 0.5) is 13.2 Å². The summed E-state index contributed by atoms with van der Waals surface area (Å²) in [5, 5.41) is 3.25. The van der Waals surface area contributed by atoms with Crippen molar-refractivity contribution in [3.8, 4) is 5.75 Å². The van der Waals surface area contributed by atoms with Crippen LogP contribution in [-0.2, 0) is 6.18 Å². The molecule has 0 aromatic heterocycles. The van der Waals surface area contributed by atoms with Crippen LogP contribution in [0.2, 0.25) is 0 Å². The molecular weight excluding hydrogens is 323 g/mol. The Labute approximate surface area is 118 Å². The van der Waals surface area contributed by atoms with Gasteiger partial charge in [0.1, 0.15) is 5.75 Å². The van der Waals surface area contributed by atoms with Crippen molar-refractivity contribution in [3.05, 3.63) is 27.7 Å². The van der Waals surface area contributed by atoms with E-state index in [-0.39, 0.29) is 11.8 Å². The first kappa shape index (κ1) is 14.7. The minimum atomic E-state index is -4.42. The van der Waals surface area contributed by atoms with E-state index in [2.05, 4.69) is 21.2 Å². The number of piperidine rings is 1. The van der Waals surface area contributed by atoms with Crippen molar-refractivity contribution in [2.45, 2.75) is 31.5 Å². The van der Waals surface area contributed by atoms with Gasteiger partial charge >= 0.3 is 6.18 Å². The average molecular weight is 338 g/mol. The summed E-state index contributed by atoms with van der Waals surface area (Å²) in [5.74, 6) is -0.0740. The lowest BCUT2D eigenvalue weighted by Gasteiger charge is -2.27. The molecule has 1 aliphatic rings. The molecule has 0 amide bonds. The van der Waals surface area contributed by atoms with Crippen LogP contribution in [0.15, 0.2) is 16.6 Å². The van der Waals surface area contributed by atoms with Crippen molar-refractivity contribution in [2.75, 3.05) is 13.7 Å². The van der Waals surface area contributed by atoms with Crippen LogP contribution in [0.1, 0.15) is 36.4 Å².